The molecule has 7 heteroatoms. The van der Waals surface area contributed by atoms with Crippen molar-refractivity contribution in [1.29, 1.82) is 0 Å². The van der Waals surface area contributed by atoms with Crippen molar-refractivity contribution in [2.45, 2.75) is 66.3 Å². The van der Waals surface area contributed by atoms with E-state index in [1.165, 1.54) is 22.5 Å². The molecule has 0 aliphatic rings. The molecule has 0 radical (unpaired) electrons. The number of hydrogen-bond donors (Lipinski definition) is 2. The number of aryl methyl sites for hydroxylation is 2. The number of aromatic nitrogens is 2. The maximum absolute atomic E-state index is 13.0. The average molecular weight is 444 g/mol. The Morgan fingerprint density at radius 1 is 1.19 bits per heavy atom. The van der Waals surface area contributed by atoms with Crippen LogP contribution >= 0.6 is 11.3 Å². The molecule has 3 rings (SSSR count). The van der Waals surface area contributed by atoms with Gasteiger partial charge in [-0.2, -0.15) is 0 Å². The molecule has 1 unspecified atom stereocenters. The van der Waals surface area contributed by atoms with Gasteiger partial charge in [-0.05, 0) is 58.2 Å². The maximum atomic E-state index is 13.0. The number of aliphatic hydroxyl groups is 1. The summed E-state index contributed by atoms with van der Waals surface area (Å²) in [5, 5.41) is 13.0. The van der Waals surface area contributed by atoms with Crippen LogP contribution in [0.1, 0.15) is 44.6 Å². The number of H-pyrrole nitrogens is 1. The van der Waals surface area contributed by atoms with Crippen LogP contribution < -0.4 is 5.56 Å². The van der Waals surface area contributed by atoms with Crippen LogP contribution in [0.25, 0.3) is 21.3 Å². The summed E-state index contributed by atoms with van der Waals surface area (Å²) >= 11 is 1.49. The first kappa shape index (κ1) is 23.6. The van der Waals surface area contributed by atoms with E-state index in [1.54, 1.807) is 0 Å². The SMILES string of the molecule is Cc1ccc(-c2csc3nc(CN(CC(O)COC(C)C)C(C)C)[nH]c(=O)c23)cc1C. The van der Waals surface area contributed by atoms with Gasteiger partial charge in [-0.15, -0.1) is 11.3 Å². The summed E-state index contributed by atoms with van der Waals surface area (Å²) < 4.78 is 5.52. The Kier molecular flexibility index (Phi) is 7.64. The van der Waals surface area contributed by atoms with Crippen molar-refractivity contribution in [3.63, 3.8) is 0 Å². The summed E-state index contributed by atoms with van der Waals surface area (Å²) in [5.41, 5.74) is 4.26. The van der Waals surface area contributed by atoms with E-state index in [9.17, 15) is 9.90 Å². The molecule has 0 aliphatic carbocycles. The normalized spacial score (nSPS) is 13.1. The van der Waals surface area contributed by atoms with Gasteiger partial charge >= 0.3 is 0 Å². The zero-order valence-corrected chi connectivity index (χ0v) is 20.0. The first-order valence-corrected chi connectivity index (χ1v) is 11.7. The van der Waals surface area contributed by atoms with Crippen molar-refractivity contribution in [2.75, 3.05) is 13.2 Å². The van der Waals surface area contributed by atoms with E-state index in [2.05, 4.69) is 55.8 Å². The summed E-state index contributed by atoms with van der Waals surface area (Å²) in [4.78, 5) is 23.5. The molecule has 2 N–H and O–H groups in total. The molecule has 168 valence electrons. The molecule has 6 nitrogen and oxygen atoms in total. The Labute approximate surface area is 187 Å². The first-order chi connectivity index (χ1) is 14.7. The van der Waals surface area contributed by atoms with Crippen LogP contribution in [0.15, 0.2) is 28.4 Å². The minimum absolute atomic E-state index is 0.0768. The molecule has 0 saturated heterocycles. The number of thiophene rings is 1. The smallest absolute Gasteiger partial charge is 0.260 e. The summed E-state index contributed by atoms with van der Waals surface area (Å²) in [6, 6.07) is 6.44. The lowest BCUT2D eigenvalue weighted by atomic mass is 10.0. The van der Waals surface area contributed by atoms with Crippen molar-refractivity contribution in [3.05, 3.63) is 50.9 Å². The van der Waals surface area contributed by atoms with E-state index in [0.717, 1.165) is 16.0 Å². The highest BCUT2D eigenvalue weighted by Crippen LogP contribution is 2.31. The number of nitrogens with one attached hydrogen (secondary N) is 1. The molecule has 0 amide bonds. The van der Waals surface area contributed by atoms with Crippen molar-refractivity contribution >= 4 is 21.6 Å². The number of ether oxygens (including phenoxy) is 1. The van der Waals surface area contributed by atoms with Gasteiger partial charge in [-0.3, -0.25) is 9.69 Å². The van der Waals surface area contributed by atoms with Gasteiger partial charge in [0.25, 0.3) is 5.56 Å². The fourth-order valence-electron chi connectivity index (χ4n) is 3.47. The highest BCUT2D eigenvalue weighted by atomic mass is 32.1. The Bertz CT molecular complexity index is 1090. The molecular weight excluding hydrogens is 410 g/mol. The van der Waals surface area contributed by atoms with Gasteiger partial charge in [0.15, 0.2) is 0 Å². The Morgan fingerprint density at radius 2 is 1.94 bits per heavy atom. The van der Waals surface area contributed by atoms with Crippen LogP contribution in [0.2, 0.25) is 0 Å². The molecule has 31 heavy (non-hydrogen) atoms. The summed E-state index contributed by atoms with van der Waals surface area (Å²) in [6.07, 6.45) is -0.522. The van der Waals surface area contributed by atoms with Crippen molar-refractivity contribution in [3.8, 4) is 11.1 Å². The molecular formula is C24H33N3O3S. The first-order valence-electron chi connectivity index (χ1n) is 10.8. The predicted molar refractivity (Wildman–Crippen MR) is 128 cm³/mol. The molecule has 1 aromatic carbocycles. The maximum Gasteiger partial charge on any atom is 0.260 e. The molecule has 0 saturated carbocycles. The number of aromatic amines is 1. The molecule has 0 aliphatic heterocycles. The van der Waals surface area contributed by atoms with E-state index in [0.29, 0.717) is 24.3 Å². The molecule has 3 aromatic rings. The Morgan fingerprint density at radius 3 is 2.58 bits per heavy atom. The lowest BCUT2D eigenvalue weighted by Gasteiger charge is -2.28. The van der Waals surface area contributed by atoms with E-state index >= 15 is 0 Å². The standard InChI is InChI=1S/C24H33N3O3S/c1-14(2)27(10-19(28)12-30-15(3)4)11-21-25-23(29)22-20(13-31-24(22)26-21)18-8-7-16(5)17(6)9-18/h7-9,13-15,19,28H,10-12H2,1-6H3,(H,25,26,29). The van der Waals surface area contributed by atoms with Crippen molar-refractivity contribution in [1.82, 2.24) is 14.9 Å². The second-order valence-electron chi connectivity index (χ2n) is 8.70. The molecule has 0 spiro atoms. The zero-order valence-electron chi connectivity index (χ0n) is 19.2. The van der Waals surface area contributed by atoms with Gasteiger partial charge < -0.3 is 14.8 Å². The number of benzene rings is 1. The quantitative estimate of drug-likeness (QED) is 0.516. The van der Waals surface area contributed by atoms with E-state index in [4.69, 9.17) is 9.72 Å². The summed E-state index contributed by atoms with van der Waals surface area (Å²) in [5.74, 6) is 0.608. The second-order valence-corrected chi connectivity index (χ2v) is 9.56. The minimum Gasteiger partial charge on any atom is -0.389 e. The van der Waals surface area contributed by atoms with E-state index in [1.807, 2.05) is 19.2 Å². The van der Waals surface area contributed by atoms with Gasteiger partial charge in [0.05, 0.1) is 30.7 Å². The number of rotatable bonds is 9. The number of nitrogens with zero attached hydrogens (tertiary/aromatic N) is 2. The minimum atomic E-state index is -0.599. The lowest BCUT2D eigenvalue weighted by molar-refractivity contribution is -0.0140. The van der Waals surface area contributed by atoms with Gasteiger partial charge in [-0.1, -0.05) is 18.2 Å². The fraction of sp³-hybridized carbons (Fsp3) is 0.500. The lowest BCUT2D eigenvalue weighted by Crippen LogP contribution is -2.39. The van der Waals surface area contributed by atoms with Gasteiger partial charge in [0.2, 0.25) is 0 Å². The van der Waals surface area contributed by atoms with Gasteiger partial charge in [0, 0.05) is 23.5 Å². The number of hydrogen-bond acceptors (Lipinski definition) is 6. The Hall–Kier alpha value is -2.06. The predicted octanol–water partition coefficient (Wildman–Crippen LogP) is 4.26. The van der Waals surface area contributed by atoms with E-state index < -0.39 is 6.10 Å². The number of fused-ring (bicyclic) bond motifs is 1. The van der Waals surface area contributed by atoms with Crippen LogP contribution in [0.5, 0.6) is 0 Å². The summed E-state index contributed by atoms with van der Waals surface area (Å²) in [6.45, 7) is 13.4. The van der Waals surface area contributed by atoms with Crippen LogP contribution in [-0.4, -0.2) is 51.4 Å². The average Bonchev–Trinajstić information content (AvgIpc) is 3.12. The largest absolute Gasteiger partial charge is 0.389 e. The monoisotopic (exact) mass is 443 g/mol. The molecule has 2 aromatic heterocycles. The van der Waals surface area contributed by atoms with Crippen molar-refractivity contribution < 1.29 is 9.84 Å². The Balaban J connectivity index is 1.85. The molecule has 2 heterocycles. The van der Waals surface area contributed by atoms with E-state index in [-0.39, 0.29) is 24.3 Å². The second kappa shape index (κ2) is 10.0. The van der Waals surface area contributed by atoms with Gasteiger partial charge in [0.1, 0.15) is 10.7 Å². The third-order valence-electron chi connectivity index (χ3n) is 5.46. The zero-order chi connectivity index (χ0) is 22.7. The van der Waals surface area contributed by atoms with Crippen LogP contribution in [-0.2, 0) is 11.3 Å². The van der Waals surface area contributed by atoms with Crippen molar-refractivity contribution in [2.24, 2.45) is 0 Å². The third kappa shape index (κ3) is 5.80. The fourth-order valence-corrected chi connectivity index (χ4v) is 4.43. The molecule has 0 bridgehead atoms. The van der Waals surface area contributed by atoms with Crippen LogP contribution in [0.4, 0.5) is 0 Å². The van der Waals surface area contributed by atoms with Crippen LogP contribution in [0.3, 0.4) is 0 Å². The highest BCUT2D eigenvalue weighted by molar-refractivity contribution is 7.17. The molecule has 0 fully saturated rings. The molecule has 1 atom stereocenters. The van der Waals surface area contributed by atoms with Gasteiger partial charge in [-0.25, -0.2) is 4.98 Å². The number of aliphatic hydroxyl groups excluding tert-OH is 1. The highest BCUT2D eigenvalue weighted by Gasteiger charge is 2.19. The topological polar surface area (TPSA) is 78.5 Å². The van der Waals surface area contributed by atoms with Crippen LogP contribution in [0, 0.1) is 13.8 Å². The summed E-state index contributed by atoms with van der Waals surface area (Å²) in [7, 11) is 0. The third-order valence-corrected chi connectivity index (χ3v) is 6.33.